The molecule has 0 saturated heterocycles. The van der Waals surface area contributed by atoms with E-state index in [2.05, 4.69) is 16.8 Å². The van der Waals surface area contributed by atoms with Crippen LogP contribution in [0.1, 0.15) is 34.3 Å². The van der Waals surface area contributed by atoms with Crippen LogP contribution >= 0.6 is 22.9 Å². The first kappa shape index (κ1) is 22.4. The molecule has 5 nitrogen and oxygen atoms in total. The van der Waals surface area contributed by atoms with Gasteiger partial charge in [-0.15, -0.1) is 10.2 Å². The molecule has 0 atom stereocenters. The molecule has 1 saturated carbocycles. The molecule has 166 valence electrons. The van der Waals surface area contributed by atoms with Crippen molar-refractivity contribution in [2.75, 3.05) is 18.1 Å². The minimum atomic E-state index is -0.619. The van der Waals surface area contributed by atoms with Crippen LogP contribution in [0.2, 0.25) is 5.02 Å². The second-order valence-corrected chi connectivity index (χ2v) is 9.22. The summed E-state index contributed by atoms with van der Waals surface area (Å²) in [5.74, 6) is 0.241. The van der Waals surface area contributed by atoms with E-state index >= 15 is 0 Å². The van der Waals surface area contributed by atoms with Gasteiger partial charge in [-0.25, -0.2) is 4.39 Å². The van der Waals surface area contributed by atoms with Crippen molar-refractivity contribution in [1.82, 2.24) is 10.2 Å². The monoisotopic (exact) mass is 471 g/mol. The summed E-state index contributed by atoms with van der Waals surface area (Å²) in [4.78, 5) is 14.8. The number of hydrogen-bond donors (Lipinski definition) is 0. The zero-order chi connectivity index (χ0) is 22.8. The highest BCUT2D eigenvalue weighted by atomic mass is 35.5. The number of benzene rings is 2. The molecule has 1 heterocycles. The lowest BCUT2D eigenvalue weighted by molar-refractivity contribution is 0.0985. The lowest BCUT2D eigenvalue weighted by atomic mass is 10.1. The van der Waals surface area contributed by atoms with E-state index in [0.29, 0.717) is 29.2 Å². The summed E-state index contributed by atoms with van der Waals surface area (Å²) in [6.45, 7) is 8.59. The van der Waals surface area contributed by atoms with Gasteiger partial charge in [-0.1, -0.05) is 41.7 Å². The van der Waals surface area contributed by atoms with Crippen LogP contribution in [-0.4, -0.2) is 29.3 Å². The molecular weight excluding hydrogens is 449 g/mol. The quantitative estimate of drug-likeness (QED) is 0.365. The average molecular weight is 472 g/mol. The van der Waals surface area contributed by atoms with Gasteiger partial charge in [-0.05, 0) is 68.0 Å². The zero-order valence-electron chi connectivity index (χ0n) is 17.9. The van der Waals surface area contributed by atoms with Gasteiger partial charge in [0.15, 0.2) is 0 Å². The predicted octanol–water partition coefficient (Wildman–Crippen LogP) is 6.24. The van der Waals surface area contributed by atoms with E-state index in [1.54, 1.807) is 11.0 Å². The van der Waals surface area contributed by atoms with Crippen LogP contribution in [0.25, 0.3) is 10.6 Å². The van der Waals surface area contributed by atoms with Crippen molar-refractivity contribution < 1.29 is 13.9 Å². The highest BCUT2D eigenvalue weighted by Gasteiger charge is 2.31. The fraction of sp³-hybridized carbons (Fsp3) is 0.292. The Morgan fingerprint density at radius 2 is 2.03 bits per heavy atom. The first-order valence-corrected chi connectivity index (χ1v) is 11.5. The Bertz CT molecular complexity index is 1150. The molecule has 0 N–H and O–H groups in total. The molecule has 1 amide bonds. The fourth-order valence-electron chi connectivity index (χ4n) is 3.51. The first-order chi connectivity index (χ1) is 15.4. The van der Waals surface area contributed by atoms with Crippen molar-refractivity contribution >= 4 is 34.0 Å². The largest absolute Gasteiger partial charge is 0.489 e. The van der Waals surface area contributed by atoms with Crippen molar-refractivity contribution in [3.05, 3.63) is 70.5 Å². The van der Waals surface area contributed by atoms with E-state index in [1.165, 1.54) is 29.5 Å². The summed E-state index contributed by atoms with van der Waals surface area (Å²) < 4.78 is 19.7. The lowest BCUT2D eigenvalue weighted by Crippen LogP contribution is -2.33. The predicted molar refractivity (Wildman–Crippen MR) is 126 cm³/mol. The Morgan fingerprint density at radius 1 is 1.31 bits per heavy atom. The standard InChI is InChI=1S/C24H23ClFN3O2S/c1-4-10-31-21-14(2)11-17(12-15(21)3)22-27-28-24(32-22)29(13-16-8-9-16)23(30)18-6-5-7-19(26)20(18)25/h4-7,11-12,16H,1,8-10,13H2,2-3H3. The molecule has 1 fully saturated rings. The minimum Gasteiger partial charge on any atom is -0.489 e. The molecule has 8 heteroatoms. The summed E-state index contributed by atoms with van der Waals surface area (Å²) in [5, 5.41) is 9.62. The van der Waals surface area contributed by atoms with Gasteiger partial charge in [0, 0.05) is 12.1 Å². The smallest absolute Gasteiger partial charge is 0.261 e. The Balaban J connectivity index is 1.66. The molecule has 0 bridgehead atoms. The Morgan fingerprint density at radius 3 is 2.69 bits per heavy atom. The van der Waals surface area contributed by atoms with E-state index in [9.17, 15) is 9.18 Å². The van der Waals surface area contributed by atoms with Gasteiger partial charge < -0.3 is 4.74 Å². The number of halogens is 2. The first-order valence-electron chi connectivity index (χ1n) is 10.3. The van der Waals surface area contributed by atoms with E-state index < -0.39 is 5.82 Å². The normalized spacial score (nSPS) is 13.1. The van der Waals surface area contributed by atoms with Crippen molar-refractivity contribution in [3.8, 4) is 16.3 Å². The number of aromatic nitrogens is 2. The van der Waals surface area contributed by atoms with Crippen molar-refractivity contribution in [2.45, 2.75) is 26.7 Å². The summed E-state index contributed by atoms with van der Waals surface area (Å²) in [6, 6.07) is 8.24. The summed E-state index contributed by atoms with van der Waals surface area (Å²) in [7, 11) is 0. The highest BCUT2D eigenvalue weighted by molar-refractivity contribution is 7.18. The van der Waals surface area contributed by atoms with Crippen molar-refractivity contribution in [1.29, 1.82) is 0 Å². The van der Waals surface area contributed by atoms with Gasteiger partial charge in [-0.3, -0.25) is 9.69 Å². The van der Waals surface area contributed by atoms with E-state index in [0.717, 1.165) is 35.3 Å². The van der Waals surface area contributed by atoms with E-state index in [-0.39, 0.29) is 16.5 Å². The second kappa shape index (κ2) is 9.38. The summed E-state index contributed by atoms with van der Waals surface area (Å²) in [5.41, 5.74) is 2.99. The third-order valence-corrected chi connectivity index (χ3v) is 6.64. The Kier molecular flexibility index (Phi) is 6.58. The van der Waals surface area contributed by atoms with Crippen molar-refractivity contribution in [3.63, 3.8) is 0 Å². The molecule has 1 aliphatic carbocycles. The number of aryl methyl sites for hydroxylation is 2. The fourth-order valence-corrected chi connectivity index (χ4v) is 4.55. The molecule has 1 aromatic heterocycles. The molecule has 4 rings (SSSR count). The van der Waals surface area contributed by atoms with Crippen LogP contribution < -0.4 is 9.64 Å². The number of carbonyl (C=O) groups is 1. The number of amides is 1. The van der Waals surface area contributed by atoms with Crippen molar-refractivity contribution in [2.24, 2.45) is 5.92 Å². The Labute approximate surface area is 195 Å². The number of anilines is 1. The van der Waals surface area contributed by atoms with Crippen LogP contribution in [0.3, 0.4) is 0 Å². The molecular formula is C24H23ClFN3O2S. The topological polar surface area (TPSA) is 55.3 Å². The molecule has 0 aliphatic heterocycles. The third-order valence-electron chi connectivity index (χ3n) is 5.26. The van der Waals surface area contributed by atoms with Crippen LogP contribution in [0.15, 0.2) is 43.0 Å². The number of hydrogen-bond acceptors (Lipinski definition) is 5. The van der Waals surface area contributed by atoms with Crippen LogP contribution in [0.4, 0.5) is 9.52 Å². The maximum Gasteiger partial charge on any atom is 0.261 e. The summed E-state index contributed by atoms with van der Waals surface area (Å²) in [6.07, 6.45) is 3.81. The average Bonchev–Trinajstić information content (AvgIpc) is 3.46. The van der Waals surface area contributed by atoms with Crippen LogP contribution in [-0.2, 0) is 0 Å². The molecule has 2 aromatic carbocycles. The number of rotatable bonds is 8. The molecule has 0 spiro atoms. The van der Waals surface area contributed by atoms with Gasteiger partial charge in [0.2, 0.25) is 5.13 Å². The number of ether oxygens (including phenoxy) is 1. The highest BCUT2D eigenvalue weighted by Crippen LogP contribution is 2.37. The van der Waals surface area contributed by atoms with Gasteiger partial charge in [0.1, 0.15) is 23.2 Å². The second-order valence-electron chi connectivity index (χ2n) is 7.89. The Hall–Kier alpha value is -2.77. The molecule has 1 aliphatic rings. The van der Waals surface area contributed by atoms with Gasteiger partial charge >= 0.3 is 0 Å². The van der Waals surface area contributed by atoms with Gasteiger partial charge in [-0.2, -0.15) is 0 Å². The van der Waals surface area contributed by atoms with Crippen LogP contribution in [0.5, 0.6) is 5.75 Å². The number of nitrogens with zero attached hydrogens (tertiary/aromatic N) is 3. The zero-order valence-corrected chi connectivity index (χ0v) is 19.5. The molecule has 0 radical (unpaired) electrons. The minimum absolute atomic E-state index is 0.125. The molecule has 32 heavy (non-hydrogen) atoms. The van der Waals surface area contributed by atoms with E-state index in [4.69, 9.17) is 16.3 Å². The number of carbonyl (C=O) groups excluding carboxylic acids is 1. The van der Waals surface area contributed by atoms with Gasteiger partial charge in [0.05, 0.1) is 10.6 Å². The van der Waals surface area contributed by atoms with E-state index in [1.807, 2.05) is 26.0 Å². The maximum absolute atomic E-state index is 13.9. The molecule has 0 unspecified atom stereocenters. The lowest BCUT2D eigenvalue weighted by Gasteiger charge is -2.20. The van der Waals surface area contributed by atoms with Crippen LogP contribution in [0, 0.1) is 25.6 Å². The summed E-state index contributed by atoms with van der Waals surface area (Å²) >= 11 is 7.41. The van der Waals surface area contributed by atoms with Gasteiger partial charge in [0.25, 0.3) is 5.91 Å². The third kappa shape index (κ3) is 4.69. The maximum atomic E-state index is 13.9. The SMILES string of the molecule is C=CCOc1c(C)cc(-c2nnc(N(CC3CC3)C(=O)c3cccc(F)c3Cl)s2)cc1C. The molecule has 3 aromatic rings.